The fourth-order valence-electron chi connectivity index (χ4n) is 2.59. The average molecular weight is 255 g/mol. The quantitative estimate of drug-likeness (QED) is 0.688. The number of likely N-dealkylation sites (tertiary alicyclic amines) is 1. The molecule has 1 aliphatic rings. The Morgan fingerprint density at radius 1 is 1.39 bits per heavy atom. The average Bonchev–Trinajstić information content (AvgIpc) is 2.39. The third-order valence-corrected chi connectivity index (χ3v) is 4.00. The molecule has 106 valence electrons. The SMILES string of the molecule is CCCNC(CCN1CCC(CC)CC1)C(N)=O. The van der Waals surface area contributed by atoms with Crippen molar-refractivity contribution in [1.29, 1.82) is 0 Å². The van der Waals surface area contributed by atoms with Crippen molar-refractivity contribution in [3.05, 3.63) is 0 Å². The second kappa shape index (κ2) is 8.48. The van der Waals surface area contributed by atoms with Gasteiger partial charge in [0.1, 0.15) is 0 Å². The maximum Gasteiger partial charge on any atom is 0.234 e. The normalized spacial score (nSPS) is 19.9. The third-order valence-electron chi connectivity index (χ3n) is 4.00. The lowest BCUT2D eigenvalue weighted by Gasteiger charge is -2.32. The van der Waals surface area contributed by atoms with Gasteiger partial charge in [-0.1, -0.05) is 20.3 Å². The van der Waals surface area contributed by atoms with E-state index >= 15 is 0 Å². The minimum Gasteiger partial charge on any atom is -0.368 e. The van der Waals surface area contributed by atoms with Crippen molar-refractivity contribution in [2.24, 2.45) is 11.7 Å². The summed E-state index contributed by atoms with van der Waals surface area (Å²) in [6.45, 7) is 8.58. The molecule has 0 aromatic rings. The molecule has 0 aromatic carbocycles. The lowest BCUT2D eigenvalue weighted by atomic mass is 9.94. The van der Waals surface area contributed by atoms with Crippen molar-refractivity contribution in [1.82, 2.24) is 10.2 Å². The van der Waals surface area contributed by atoms with E-state index in [1.807, 2.05) is 0 Å². The summed E-state index contributed by atoms with van der Waals surface area (Å²) >= 11 is 0. The van der Waals surface area contributed by atoms with Crippen LogP contribution in [0.2, 0.25) is 0 Å². The van der Waals surface area contributed by atoms with Crippen LogP contribution in [0.15, 0.2) is 0 Å². The zero-order valence-corrected chi connectivity index (χ0v) is 12.0. The summed E-state index contributed by atoms with van der Waals surface area (Å²) in [5.74, 6) is 0.693. The fourth-order valence-corrected chi connectivity index (χ4v) is 2.59. The Morgan fingerprint density at radius 3 is 2.56 bits per heavy atom. The lowest BCUT2D eigenvalue weighted by Crippen LogP contribution is -2.44. The van der Waals surface area contributed by atoms with Crippen molar-refractivity contribution >= 4 is 5.91 Å². The van der Waals surface area contributed by atoms with Crippen LogP contribution in [-0.4, -0.2) is 43.0 Å². The first kappa shape index (κ1) is 15.4. The number of hydrogen-bond acceptors (Lipinski definition) is 3. The molecule has 18 heavy (non-hydrogen) atoms. The van der Waals surface area contributed by atoms with Crippen LogP contribution in [0.1, 0.15) is 46.0 Å². The molecule has 3 N–H and O–H groups in total. The van der Waals surface area contributed by atoms with Gasteiger partial charge in [0.25, 0.3) is 0 Å². The molecule has 0 aromatic heterocycles. The van der Waals surface area contributed by atoms with Crippen LogP contribution in [0.25, 0.3) is 0 Å². The summed E-state index contributed by atoms with van der Waals surface area (Å²) in [5, 5.41) is 3.23. The van der Waals surface area contributed by atoms with Crippen LogP contribution in [-0.2, 0) is 4.79 Å². The summed E-state index contributed by atoms with van der Waals surface area (Å²) < 4.78 is 0. The maximum absolute atomic E-state index is 11.3. The predicted molar refractivity (Wildman–Crippen MR) is 75.3 cm³/mol. The van der Waals surface area contributed by atoms with Gasteiger partial charge in [-0.3, -0.25) is 4.79 Å². The molecule has 0 bridgehead atoms. The molecule has 1 aliphatic heterocycles. The number of carbonyl (C=O) groups excluding carboxylic acids is 1. The number of nitrogens with two attached hydrogens (primary N) is 1. The van der Waals surface area contributed by atoms with Crippen LogP contribution in [0.3, 0.4) is 0 Å². The second-order valence-corrected chi connectivity index (χ2v) is 5.39. The van der Waals surface area contributed by atoms with Gasteiger partial charge in [-0.15, -0.1) is 0 Å². The highest BCUT2D eigenvalue weighted by Crippen LogP contribution is 2.19. The third kappa shape index (κ3) is 5.36. The highest BCUT2D eigenvalue weighted by molar-refractivity contribution is 5.79. The van der Waals surface area contributed by atoms with Gasteiger partial charge in [-0.05, 0) is 51.2 Å². The zero-order chi connectivity index (χ0) is 13.4. The standard InChI is InChI=1S/C14H29N3O/c1-3-8-16-13(14(15)18)7-11-17-9-5-12(4-2)6-10-17/h12-13,16H,3-11H2,1-2H3,(H2,15,18). The number of amides is 1. The largest absolute Gasteiger partial charge is 0.368 e. The first-order valence-electron chi connectivity index (χ1n) is 7.42. The molecule has 1 atom stereocenters. The molecule has 1 unspecified atom stereocenters. The minimum absolute atomic E-state index is 0.158. The molecule has 4 heteroatoms. The molecule has 0 radical (unpaired) electrons. The molecule has 1 heterocycles. The molecular formula is C14H29N3O. The van der Waals surface area contributed by atoms with E-state index in [9.17, 15) is 4.79 Å². The van der Waals surface area contributed by atoms with Gasteiger partial charge in [0.15, 0.2) is 0 Å². The summed E-state index contributed by atoms with van der Waals surface area (Å²) in [6.07, 6.45) is 5.79. The zero-order valence-electron chi connectivity index (χ0n) is 12.0. The van der Waals surface area contributed by atoms with Crippen molar-refractivity contribution in [2.45, 2.75) is 52.0 Å². The number of nitrogens with zero attached hydrogens (tertiary/aromatic N) is 1. The lowest BCUT2D eigenvalue weighted by molar-refractivity contribution is -0.120. The molecule has 4 nitrogen and oxygen atoms in total. The van der Waals surface area contributed by atoms with E-state index in [4.69, 9.17) is 5.73 Å². The van der Waals surface area contributed by atoms with Gasteiger partial charge in [-0.25, -0.2) is 0 Å². The monoisotopic (exact) mass is 255 g/mol. The van der Waals surface area contributed by atoms with E-state index in [2.05, 4.69) is 24.1 Å². The summed E-state index contributed by atoms with van der Waals surface area (Å²) in [5.41, 5.74) is 5.42. The summed E-state index contributed by atoms with van der Waals surface area (Å²) in [4.78, 5) is 13.8. The maximum atomic E-state index is 11.3. The van der Waals surface area contributed by atoms with Crippen molar-refractivity contribution < 1.29 is 4.79 Å². The van der Waals surface area contributed by atoms with Gasteiger partial charge in [0.05, 0.1) is 6.04 Å². The Hall–Kier alpha value is -0.610. The van der Waals surface area contributed by atoms with Crippen LogP contribution in [0, 0.1) is 5.92 Å². The Balaban J connectivity index is 2.23. The van der Waals surface area contributed by atoms with E-state index in [0.29, 0.717) is 0 Å². The van der Waals surface area contributed by atoms with E-state index in [1.165, 1.54) is 32.4 Å². The highest BCUT2D eigenvalue weighted by atomic mass is 16.1. The van der Waals surface area contributed by atoms with Gasteiger partial charge in [0.2, 0.25) is 5.91 Å². The molecule has 0 saturated carbocycles. The van der Waals surface area contributed by atoms with Crippen LogP contribution in [0.5, 0.6) is 0 Å². The number of nitrogens with one attached hydrogen (secondary N) is 1. The van der Waals surface area contributed by atoms with Gasteiger partial charge >= 0.3 is 0 Å². The molecule has 1 saturated heterocycles. The topological polar surface area (TPSA) is 58.4 Å². The first-order chi connectivity index (χ1) is 8.67. The van der Waals surface area contributed by atoms with E-state index in [0.717, 1.165) is 31.8 Å². The van der Waals surface area contributed by atoms with Crippen molar-refractivity contribution in [3.63, 3.8) is 0 Å². The highest BCUT2D eigenvalue weighted by Gasteiger charge is 2.20. The van der Waals surface area contributed by atoms with Crippen LogP contribution in [0.4, 0.5) is 0 Å². The number of primary amides is 1. The van der Waals surface area contributed by atoms with Crippen molar-refractivity contribution in [2.75, 3.05) is 26.2 Å². The van der Waals surface area contributed by atoms with Crippen LogP contribution >= 0.6 is 0 Å². The fraction of sp³-hybridized carbons (Fsp3) is 0.929. The first-order valence-corrected chi connectivity index (χ1v) is 7.42. The molecular weight excluding hydrogens is 226 g/mol. The molecule has 1 rings (SSSR count). The van der Waals surface area contributed by atoms with E-state index < -0.39 is 0 Å². The number of carbonyl (C=O) groups is 1. The van der Waals surface area contributed by atoms with Crippen LogP contribution < -0.4 is 11.1 Å². The summed E-state index contributed by atoms with van der Waals surface area (Å²) in [7, 11) is 0. The Labute approximate surface area is 111 Å². The molecule has 0 spiro atoms. The van der Waals surface area contributed by atoms with E-state index in [1.54, 1.807) is 0 Å². The summed E-state index contributed by atoms with van der Waals surface area (Å²) in [6, 6.07) is -0.158. The number of hydrogen-bond donors (Lipinski definition) is 2. The number of piperidine rings is 1. The van der Waals surface area contributed by atoms with Gasteiger partial charge in [-0.2, -0.15) is 0 Å². The van der Waals surface area contributed by atoms with E-state index in [-0.39, 0.29) is 11.9 Å². The van der Waals surface area contributed by atoms with Crippen molar-refractivity contribution in [3.8, 4) is 0 Å². The second-order valence-electron chi connectivity index (χ2n) is 5.39. The molecule has 1 amide bonds. The Bertz CT molecular complexity index is 237. The minimum atomic E-state index is -0.216. The Kier molecular flexibility index (Phi) is 7.28. The Morgan fingerprint density at radius 2 is 2.06 bits per heavy atom. The number of rotatable bonds is 8. The van der Waals surface area contributed by atoms with Gasteiger partial charge < -0.3 is 16.0 Å². The smallest absolute Gasteiger partial charge is 0.234 e. The predicted octanol–water partition coefficient (Wildman–Crippen LogP) is 1.35. The molecule has 1 fully saturated rings. The molecule has 0 aliphatic carbocycles. The van der Waals surface area contributed by atoms with Gasteiger partial charge in [0, 0.05) is 6.54 Å².